The first-order valence-electron chi connectivity index (χ1n) is 11.0. The Hall–Kier alpha value is -1.43. The van der Waals surface area contributed by atoms with Crippen LogP contribution >= 0.6 is 0 Å². The molecule has 1 atom stereocenters. The van der Waals surface area contributed by atoms with Crippen LogP contribution in [0.1, 0.15) is 25.7 Å². The molecule has 0 aromatic carbocycles. The lowest BCUT2D eigenvalue weighted by Crippen LogP contribution is -2.48. The molecule has 11 heteroatoms. The van der Waals surface area contributed by atoms with Crippen molar-refractivity contribution in [2.75, 3.05) is 73.4 Å². The summed E-state index contributed by atoms with van der Waals surface area (Å²) < 4.78 is 47.8. The number of ether oxygens (including phenoxy) is 3. The van der Waals surface area contributed by atoms with Crippen LogP contribution in [-0.4, -0.2) is 106 Å². The Kier molecular flexibility index (Phi) is 10.2. The molecule has 1 amide bonds. The molecular formula is C21H35F3N2O6. The van der Waals surface area contributed by atoms with Gasteiger partial charge in [-0.05, 0) is 37.0 Å². The number of methoxy groups -OCH3 is 2. The van der Waals surface area contributed by atoms with E-state index in [-0.39, 0.29) is 12.5 Å². The second kappa shape index (κ2) is 12.2. The van der Waals surface area contributed by atoms with Gasteiger partial charge >= 0.3 is 12.1 Å². The fourth-order valence-electron chi connectivity index (χ4n) is 4.99. The van der Waals surface area contributed by atoms with E-state index < -0.39 is 12.1 Å². The maximum atomic E-state index is 12.1. The Bertz CT molecular complexity index is 605. The molecule has 0 radical (unpaired) electrons. The van der Waals surface area contributed by atoms with Gasteiger partial charge in [0.2, 0.25) is 5.91 Å². The van der Waals surface area contributed by atoms with E-state index in [9.17, 15) is 18.0 Å². The van der Waals surface area contributed by atoms with Crippen molar-refractivity contribution in [3.05, 3.63) is 0 Å². The van der Waals surface area contributed by atoms with Gasteiger partial charge in [0.25, 0.3) is 0 Å². The van der Waals surface area contributed by atoms with Gasteiger partial charge in [0, 0.05) is 66.1 Å². The van der Waals surface area contributed by atoms with Crippen LogP contribution in [0, 0.1) is 17.3 Å². The molecule has 3 aliphatic heterocycles. The molecule has 3 rings (SSSR count). The maximum absolute atomic E-state index is 12.1. The zero-order valence-electron chi connectivity index (χ0n) is 18.9. The predicted molar refractivity (Wildman–Crippen MR) is 109 cm³/mol. The highest BCUT2D eigenvalue weighted by atomic mass is 19.4. The molecule has 8 nitrogen and oxygen atoms in total. The Morgan fingerprint density at radius 3 is 2.22 bits per heavy atom. The topological polar surface area (TPSA) is 88.5 Å². The predicted octanol–water partition coefficient (Wildman–Crippen LogP) is 1.88. The molecule has 0 saturated carbocycles. The highest BCUT2D eigenvalue weighted by molar-refractivity contribution is 5.77. The number of carbonyl (C=O) groups is 2. The van der Waals surface area contributed by atoms with Crippen molar-refractivity contribution in [1.29, 1.82) is 0 Å². The summed E-state index contributed by atoms with van der Waals surface area (Å²) in [5, 5.41) is 7.12. The van der Waals surface area contributed by atoms with Crippen LogP contribution in [0.5, 0.6) is 0 Å². The summed E-state index contributed by atoms with van der Waals surface area (Å²) in [6.07, 6.45) is -0.531. The van der Waals surface area contributed by atoms with Gasteiger partial charge in [-0.3, -0.25) is 4.79 Å². The van der Waals surface area contributed by atoms with Gasteiger partial charge in [0.15, 0.2) is 0 Å². The van der Waals surface area contributed by atoms with Crippen LogP contribution < -0.4 is 0 Å². The molecule has 3 fully saturated rings. The Morgan fingerprint density at radius 2 is 1.72 bits per heavy atom. The number of hydrogen-bond donors (Lipinski definition) is 1. The number of amides is 1. The number of halogens is 3. The smallest absolute Gasteiger partial charge is 0.475 e. The van der Waals surface area contributed by atoms with Crippen molar-refractivity contribution >= 4 is 11.9 Å². The number of carboxylic acids is 1. The monoisotopic (exact) mass is 468 g/mol. The van der Waals surface area contributed by atoms with Crippen molar-refractivity contribution in [1.82, 2.24) is 9.80 Å². The SMILES string of the molecule is COCC(=O)N1CCC2(CC1)CN(CC1CCOCC1)CC2COC.O=C(O)C(F)(F)F. The molecule has 0 bridgehead atoms. The average molecular weight is 469 g/mol. The van der Waals surface area contributed by atoms with Crippen molar-refractivity contribution in [3.63, 3.8) is 0 Å². The third kappa shape index (κ3) is 7.57. The molecule has 0 aromatic heterocycles. The van der Waals surface area contributed by atoms with E-state index in [1.165, 1.54) is 19.4 Å². The minimum atomic E-state index is -5.08. The third-order valence-electron chi connectivity index (χ3n) is 6.73. The van der Waals surface area contributed by atoms with Crippen LogP contribution in [0.15, 0.2) is 0 Å². The third-order valence-corrected chi connectivity index (χ3v) is 6.73. The summed E-state index contributed by atoms with van der Waals surface area (Å²) in [4.78, 5) is 25.6. The molecule has 186 valence electrons. The minimum Gasteiger partial charge on any atom is -0.475 e. The summed E-state index contributed by atoms with van der Waals surface area (Å²) in [7, 11) is 3.40. The van der Waals surface area contributed by atoms with E-state index >= 15 is 0 Å². The number of carbonyl (C=O) groups excluding carboxylic acids is 1. The second-order valence-corrected chi connectivity index (χ2v) is 8.88. The van der Waals surface area contributed by atoms with Gasteiger partial charge in [-0.25, -0.2) is 4.79 Å². The summed E-state index contributed by atoms with van der Waals surface area (Å²) in [5.41, 5.74) is 0.311. The highest BCUT2D eigenvalue weighted by Gasteiger charge is 2.48. The molecule has 3 aliphatic rings. The number of likely N-dealkylation sites (tertiary alicyclic amines) is 2. The average Bonchev–Trinajstić information content (AvgIpc) is 3.05. The standard InChI is InChI=1S/C19H34N2O4.C2HF3O2/c1-23-13-17-12-20(11-16-3-9-25-10-4-16)15-19(17)5-7-21(8-6-19)18(22)14-24-2;3-2(4,5)1(6)7/h16-17H,3-15H2,1-2H3;(H,6,7). The normalized spacial score (nSPS) is 24.3. The van der Waals surface area contributed by atoms with Gasteiger partial charge in [0.1, 0.15) is 6.61 Å². The van der Waals surface area contributed by atoms with Crippen molar-refractivity contribution < 1.29 is 42.1 Å². The summed E-state index contributed by atoms with van der Waals surface area (Å²) in [6, 6.07) is 0. The van der Waals surface area contributed by atoms with Crippen molar-refractivity contribution in [2.24, 2.45) is 17.3 Å². The first kappa shape index (κ1) is 26.8. The van der Waals surface area contributed by atoms with E-state index in [1.807, 2.05) is 12.0 Å². The Balaban J connectivity index is 0.000000451. The van der Waals surface area contributed by atoms with Gasteiger partial charge in [-0.1, -0.05) is 0 Å². The van der Waals surface area contributed by atoms with Gasteiger partial charge in [0.05, 0.1) is 6.61 Å². The van der Waals surface area contributed by atoms with Crippen molar-refractivity contribution in [3.8, 4) is 0 Å². The van der Waals surface area contributed by atoms with Crippen LogP contribution in [0.2, 0.25) is 0 Å². The van der Waals surface area contributed by atoms with Crippen LogP contribution in [-0.2, 0) is 23.8 Å². The lowest BCUT2D eigenvalue weighted by atomic mass is 9.71. The Morgan fingerprint density at radius 1 is 1.12 bits per heavy atom. The van der Waals surface area contributed by atoms with Gasteiger partial charge in [-0.2, -0.15) is 13.2 Å². The van der Waals surface area contributed by atoms with Gasteiger partial charge in [-0.15, -0.1) is 0 Å². The van der Waals surface area contributed by atoms with E-state index in [1.54, 1.807) is 7.11 Å². The van der Waals surface area contributed by atoms with Crippen LogP contribution in [0.4, 0.5) is 13.2 Å². The second-order valence-electron chi connectivity index (χ2n) is 8.88. The minimum absolute atomic E-state index is 0.123. The number of rotatable bonds is 6. The lowest BCUT2D eigenvalue weighted by molar-refractivity contribution is -0.192. The number of carboxylic acid groups (broad SMARTS) is 1. The number of aliphatic carboxylic acids is 1. The number of hydrogen-bond acceptors (Lipinski definition) is 6. The zero-order valence-corrected chi connectivity index (χ0v) is 18.9. The highest BCUT2D eigenvalue weighted by Crippen LogP contribution is 2.45. The Labute approximate surface area is 187 Å². The van der Waals surface area contributed by atoms with Crippen molar-refractivity contribution in [2.45, 2.75) is 31.9 Å². The molecule has 0 aromatic rings. The number of alkyl halides is 3. The molecule has 3 heterocycles. The quantitative estimate of drug-likeness (QED) is 0.637. The first-order valence-corrected chi connectivity index (χ1v) is 11.0. The summed E-state index contributed by atoms with van der Waals surface area (Å²) >= 11 is 0. The van der Waals surface area contributed by atoms with E-state index in [4.69, 9.17) is 24.1 Å². The molecule has 3 saturated heterocycles. The zero-order chi connectivity index (χ0) is 23.8. The molecule has 32 heavy (non-hydrogen) atoms. The molecule has 1 spiro atoms. The summed E-state index contributed by atoms with van der Waals surface area (Å²) in [6.45, 7) is 8.06. The van der Waals surface area contributed by atoms with E-state index in [2.05, 4.69) is 4.90 Å². The molecule has 0 aliphatic carbocycles. The van der Waals surface area contributed by atoms with E-state index in [0.29, 0.717) is 11.3 Å². The largest absolute Gasteiger partial charge is 0.490 e. The lowest BCUT2D eigenvalue weighted by Gasteiger charge is -2.42. The maximum Gasteiger partial charge on any atom is 0.490 e. The van der Waals surface area contributed by atoms with Crippen LogP contribution in [0.25, 0.3) is 0 Å². The van der Waals surface area contributed by atoms with Gasteiger partial charge < -0.3 is 29.1 Å². The number of piperidine rings is 1. The molecule has 1 N–H and O–H groups in total. The summed E-state index contributed by atoms with van der Waals surface area (Å²) in [5.74, 6) is -1.28. The van der Waals surface area contributed by atoms with E-state index in [0.717, 1.165) is 64.8 Å². The molecule has 1 unspecified atom stereocenters. The fourth-order valence-corrected chi connectivity index (χ4v) is 4.99. The molecular weight excluding hydrogens is 433 g/mol. The number of nitrogens with zero attached hydrogens (tertiary/aromatic N) is 2. The first-order chi connectivity index (χ1) is 15.1. The van der Waals surface area contributed by atoms with Crippen LogP contribution in [0.3, 0.4) is 0 Å². The fraction of sp³-hybridized carbons (Fsp3) is 0.905.